The van der Waals surface area contributed by atoms with Gasteiger partial charge in [-0.05, 0) is 38.7 Å². The molecule has 5 nitrogen and oxygen atoms in total. The number of amides is 1. The number of likely N-dealkylation sites (N-methyl/N-ethyl adjacent to an activating group) is 1. The topological polar surface area (TPSA) is 54.5 Å². The fraction of sp³-hybridized carbons (Fsp3) is 0.333. The van der Waals surface area contributed by atoms with E-state index in [1.165, 1.54) is 0 Å². The lowest BCUT2D eigenvalue weighted by molar-refractivity contribution is 0.0925. The third kappa shape index (κ3) is 4.79. The molecule has 23 heavy (non-hydrogen) atoms. The van der Waals surface area contributed by atoms with Crippen molar-refractivity contribution in [1.82, 2.24) is 15.2 Å². The van der Waals surface area contributed by atoms with E-state index in [1.807, 2.05) is 56.3 Å². The summed E-state index contributed by atoms with van der Waals surface area (Å²) in [5.74, 6) is 0.182. The number of benzene rings is 1. The molecule has 0 fully saturated rings. The van der Waals surface area contributed by atoms with E-state index in [4.69, 9.17) is 4.74 Å². The van der Waals surface area contributed by atoms with E-state index >= 15 is 0 Å². The largest absolute Gasteiger partial charge is 0.477 e. The molecule has 0 aliphatic heterocycles. The SMILES string of the molecule is CCOc1ncccc1C(=O)N[C@H](CN(C)C)c1ccccc1. The molecule has 2 rings (SSSR count). The molecule has 122 valence electrons. The third-order valence-corrected chi connectivity index (χ3v) is 3.35. The van der Waals surface area contributed by atoms with E-state index < -0.39 is 0 Å². The summed E-state index contributed by atoms with van der Waals surface area (Å²) >= 11 is 0. The van der Waals surface area contributed by atoms with Gasteiger partial charge in [-0.2, -0.15) is 0 Å². The Morgan fingerprint density at radius 2 is 1.96 bits per heavy atom. The summed E-state index contributed by atoms with van der Waals surface area (Å²) in [6, 6.07) is 13.3. The highest BCUT2D eigenvalue weighted by Gasteiger charge is 2.19. The molecule has 1 N–H and O–H groups in total. The molecule has 1 aromatic carbocycles. The minimum absolute atomic E-state index is 0.103. The molecular weight excluding hydrogens is 290 g/mol. The molecule has 0 aliphatic carbocycles. The van der Waals surface area contributed by atoms with Crippen molar-refractivity contribution in [3.8, 4) is 5.88 Å². The standard InChI is InChI=1S/C18H23N3O2/c1-4-23-18-15(11-8-12-19-18)17(22)20-16(13-21(2)3)14-9-6-5-7-10-14/h5-12,16H,4,13H2,1-3H3,(H,20,22)/t16-/m1/s1. The Kier molecular flexibility index (Phi) is 6.11. The fourth-order valence-corrected chi connectivity index (χ4v) is 2.34. The Morgan fingerprint density at radius 1 is 1.22 bits per heavy atom. The highest BCUT2D eigenvalue weighted by atomic mass is 16.5. The van der Waals surface area contributed by atoms with Gasteiger partial charge in [-0.25, -0.2) is 4.98 Å². The maximum atomic E-state index is 12.7. The second kappa shape index (κ2) is 8.29. The maximum absolute atomic E-state index is 12.7. The lowest BCUT2D eigenvalue weighted by Gasteiger charge is -2.23. The number of hydrogen-bond acceptors (Lipinski definition) is 4. The van der Waals surface area contributed by atoms with Crippen molar-refractivity contribution in [1.29, 1.82) is 0 Å². The van der Waals surface area contributed by atoms with Gasteiger partial charge in [0.15, 0.2) is 0 Å². The van der Waals surface area contributed by atoms with Crippen molar-refractivity contribution in [2.24, 2.45) is 0 Å². The number of rotatable bonds is 7. The predicted molar refractivity (Wildman–Crippen MR) is 90.6 cm³/mol. The van der Waals surface area contributed by atoms with Crippen LogP contribution >= 0.6 is 0 Å². The minimum atomic E-state index is -0.183. The molecule has 0 saturated heterocycles. The first-order valence-corrected chi connectivity index (χ1v) is 7.70. The van der Waals surface area contributed by atoms with Gasteiger partial charge in [-0.15, -0.1) is 0 Å². The van der Waals surface area contributed by atoms with Crippen LogP contribution in [-0.2, 0) is 0 Å². The van der Waals surface area contributed by atoms with E-state index in [2.05, 4.69) is 10.3 Å². The molecule has 0 bridgehead atoms. The number of pyridine rings is 1. The van der Waals surface area contributed by atoms with Gasteiger partial charge >= 0.3 is 0 Å². The number of nitrogens with zero attached hydrogens (tertiary/aromatic N) is 2. The Balaban J connectivity index is 2.21. The molecule has 5 heteroatoms. The number of carbonyl (C=O) groups is 1. The van der Waals surface area contributed by atoms with Gasteiger partial charge in [-0.1, -0.05) is 30.3 Å². The maximum Gasteiger partial charge on any atom is 0.257 e. The second-order valence-corrected chi connectivity index (χ2v) is 5.49. The summed E-state index contributed by atoms with van der Waals surface area (Å²) in [6.07, 6.45) is 1.62. The molecule has 0 aliphatic rings. The molecular formula is C18H23N3O2. The molecule has 1 amide bonds. The first kappa shape index (κ1) is 17.0. The van der Waals surface area contributed by atoms with Crippen LogP contribution in [-0.4, -0.2) is 43.0 Å². The zero-order valence-corrected chi connectivity index (χ0v) is 13.8. The summed E-state index contributed by atoms with van der Waals surface area (Å²) in [4.78, 5) is 18.8. The predicted octanol–water partition coefficient (Wildman–Crippen LogP) is 2.51. The molecule has 1 aromatic heterocycles. The van der Waals surface area contributed by atoms with E-state index in [0.29, 0.717) is 24.6 Å². The molecule has 1 heterocycles. The molecule has 0 radical (unpaired) electrons. The highest BCUT2D eigenvalue weighted by Crippen LogP contribution is 2.18. The normalized spacial score (nSPS) is 12.0. The zero-order chi connectivity index (χ0) is 16.7. The van der Waals surface area contributed by atoms with Crippen LogP contribution in [0.2, 0.25) is 0 Å². The van der Waals surface area contributed by atoms with Gasteiger partial charge in [-0.3, -0.25) is 4.79 Å². The number of nitrogens with one attached hydrogen (secondary N) is 1. The van der Waals surface area contributed by atoms with Gasteiger partial charge in [0.05, 0.1) is 12.6 Å². The third-order valence-electron chi connectivity index (χ3n) is 3.35. The minimum Gasteiger partial charge on any atom is -0.477 e. The van der Waals surface area contributed by atoms with Crippen LogP contribution in [0.15, 0.2) is 48.7 Å². The summed E-state index contributed by atoms with van der Waals surface area (Å²) in [5.41, 5.74) is 1.52. The first-order chi connectivity index (χ1) is 11.1. The van der Waals surface area contributed by atoms with Crippen LogP contribution in [0.4, 0.5) is 0 Å². The summed E-state index contributed by atoms with van der Waals surface area (Å²) < 4.78 is 5.44. The van der Waals surface area contributed by atoms with Crippen LogP contribution in [0.1, 0.15) is 28.9 Å². The quantitative estimate of drug-likeness (QED) is 0.853. The van der Waals surface area contributed by atoms with Gasteiger partial charge < -0.3 is 15.0 Å². The fourth-order valence-electron chi connectivity index (χ4n) is 2.34. The number of hydrogen-bond donors (Lipinski definition) is 1. The molecule has 1 atom stereocenters. The Labute approximate surface area is 137 Å². The van der Waals surface area contributed by atoms with Crippen LogP contribution in [0, 0.1) is 0 Å². The highest BCUT2D eigenvalue weighted by molar-refractivity contribution is 5.96. The van der Waals surface area contributed by atoms with Crippen molar-refractivity contribution < 1.29 is 9.53 Å². The monoisotopic (exact) mass is 313 g/mol. The number of aromatic nitrogens is 1. The van der Waals surface area contributed by atoms with E-state index in [0.717, 1.165) is 5.56 Å². The molecule has 0 saturated carbocycles. The summed E-state index contributed by atoms with van der Waals surface area (Å²) in [5, 5.41) is 3.08. The van der Waals surface area contributed by atoms with Crippen molar-refractivity contribution in [3.05, 3.63) is 59.8 Å². The van der Waals surface area contributed by atoms with Crippen molar-refractivity contribution in [3.63, 3.8) is 0 Å². The molecule has 2 aromatic rings. The average molecular weight is 313 g/mol. The van der Waals surface area contributed by atoms with Crippen molar-refractivity contribution >= 4 is 5.91 Å². The van der Waals surface area contributed by atoms with Crippen LogP contribution in [0.25, 0.3) is 0 Å². The van der Waals surface area contributed by atoms with Crippen LogP contribution in [0.3, 0.4) is 0 Å². The van der Waals surface area contributed by atoms with Gasteiger partial charge in [0.2, 0.25) is 5.88 Å². The number of carbonyl (C=O) groups excluding carboxylic acids is 1. The van der Waals surface area contributed by atoms with Gasteiger partial charge in [0.25, 0.3) is 5.91 Å². The van der Waals surface area contributed by atoms with Crippen molar-refractivity contribution in [2.45, 2.75) is 13.0 Å². The summed E-state index contributed by atoms with van der Waals surface area (Å²) in [7, 11) is 3.97. The van der Waals surface area contributed by atoms with Crippen molar-refractivity contribution in [2.75, 3.05) is 27.2 Å². The average Bonchev–Trinajstić information content (AvgIpc) is 2.55. The number of ether oxygens (including phenoxy) is 1. The summed E-state index contributed by atoms with van der Waals surface area (Å²) in [6.45, 7) is 3.05. The van der Waals surface area contributed by atoms with Crippen LogP contribution in [0.5, 0.6) is 5.88 Å². The van der Waals surface area contributed by atoms with E-state index in [-0.39, 0.29) is 11.9 Å². The van der Waals surface area contributed by atoms with E-state index in [1.54, 1.807) is 18.3 Å². The lowest BCUT2D eigenvalue weighted by atomic mass is 10.1. The molecule has 0 unspecified atom stereocenters. The first-order valence-electron chi connectivity index (χ1n) is 7.70. The Hall–Kier alpha value is -2.40. The zero-order valence-electron chi connectivity index (χ0n) is 13.8. The molecule has 0 spiro atoms. The second-order valence-electron chi connectivity index (χ2n) is 5.49. The Morgan fingerprint density at radius 3 is 2.61 bits per heavy atom. The Bertz CT molecular complexity index is 629. The van der Waals surface area contributed by atoms with Gasteiger partial charge in [0, 0.05) is 12.7 Å². The lowest BCUT2D eigenvalue weighted by Crippen LogP contribution is -2.35. The van der Waals surface area contributed by atoms with E-state index in [9.17, 15) is 4.79 Å². The van der Waals surface area contributed by atoms with Gasteiger partial charge in [0.1, 0.15) is 5.56 Å². The smallest absolute Gasteiger partial charge is 0.257 e. The van der Waals surface area contributed by atoms with Crippen LogP contribution < -0.4 is 10.1 Å².